The van der Waals surface area contributed by atoms with Crippen molar-refractivity contribution in [1.82, 2.24) is 5.32 Å². The van der Waals surface area contributed by atoms with Crippen molar-refractivity contribution in [2.24, 2.45) is 11.8 Å². The van der Waals surface area contributed by atoms with Crippen molar-refractivity contribution in [2.45, 2.75) is 58.4 Å². The Morgan fingerprint density at radius 2 is 1.66 bits per heavy atom. The number of carbonyl (C=O) groups is 2. The first-order valence-electron chi connectivity index (χ1n) is 10.8. The van der Waals surface area contributed by atoms with E-state index in [-0.39, 0.29) is 17.7 Å². The van der Waals surface area contributed by atoms with E-state index in [9.17, 15) is 9.59 Å². The number of carbonyl (C=O) groups excluding carboxylic acids is 2. The van der Waals surface area contributed by atoms with Crippen LogP contribution in [-0.2, 0) is 22.4 Å². The maximum Gasteiger partial charge on any atom is 0.247 e. The van der Waals surface area contributed by atoms with Crippen molar-refractivity contribution < 1.29 is 9.59 Å². The average molecular weight is 393 g/mol. The zero-order chi connectivity index (χ0) is 20.6. The van der Waals surface area contributed by atoms with E-state index >= 15 is 0 Å². The molecule has 0 spiro atoms. The van der Waals surface area contributed by atoms with Gasteiger partial charge in [0.25, 0.3) is 0 Å². The molecule has 154 valence electrons. The SMILES string of the molecule is CCc1cccc(NC(=O)[C@@H](Cc2ccccc2)NC(=O)C2CCC(C)CC2)c1. The molecule has 2 amide bonds. The highest BCUT2D eigenvalue weighted by atomic mass is 16.2. The molecule has 1 fully saturated rings. The molecular weight excluding hydrogens is 360 g/mol. The summed E-state index contributed by atoms with van der Waals surface area (Å²) in [7, 11) is 0. The molecule has 2 N–H and O–H groups in total. The zero-order valence-electron chi connectivity index (χ0n) is 17.5. The molecule has 1 aliphatic carbocycles. The molecule has 1 atom stereocenters. The van der Waals surface area contributed by atoms with Crippen molar-refractivity contribution in [3.8, 4) is 0 Å². The van der Waals surface area contributed by atoms with Crippen LogP contribution in [0.1, 0.15) is 50.7 Å². The highest BCUT2D eigenvalue weighted by Gasteiger charge is 2.28. The number of rotatable bonds is 7. The van der Waals surface area contributed by atoms with E-state index in [1.54, 1.807) is 0 Å². The van der Waals surface area contributed by atoms with Crippen LogP contribution in [0.2, 0.25) is 0 Å². The number of nitrogens with one attached hydrogen (secondary N) is 2. The van der Waals surface area contributed by atoms with Crippen LogP contribution in [-0.4, -0.2) is 17.9 Å². The van der Waals surface area contributed by atoms with E-state index in [4.69, 9.17) is 0 Å². The van der Waals surface area contributed by atoms with E-state index in [1.165, 1.54) is 5.56 Å². The second kappa shape index (κ2) is 10.2. The van der Waals surface area contributed by atoms with E-state index in [2.05, 4.69) is 24.5 Å². The Kier molecular flexibility index (Phi) is 7.45. The molecular formula is C25H32N2O2. The second-order valence-electron chi connectivity index (χ2n) is 8.25. The summed E-state index contributed by atoms with van der Waals surface area (Å²) in [5.74, 6) is 0.545. The summed E-state index contributed by atoms with van der Waals surface area (Å²) in [6.07, 6.45) is 5.37. The van der Waals surface area contributed by atoms with Crippen molar-refractivity contribution >= 4 is 17.5 Å². The number of benzene rings is 2. The van der Waals surface area contributed by atoms with Crippen LogP contribution in [0.3, 0.4) is 0 Å². The summed E-state index contributed by atoms with van der Waals surface area (Å²) in [6, 6.07) is 17.1. The van der Waals surface area contributed by atoms with Gasteiger partial charge in [0.05, 0.1) is 0 Å². The maximum atomic E-state index is 13.1. The molecule has 29 heavy (non-hydrogen) atoms. The number of aryl methyl sites for hydroxylation is 1. The fourth-order valence-electron chi connectivity index (χ4n) is 3.97. The molecule has 0 bridgehead atoms. The monoisotopic (exact) mass is 392 g/mol. The van der Waals surface area contributed by atoms with Crippen molar-refractivity contribution in [1.29, 1.82) is 0 Å². The molecule has 0 saturated heterocycles. The lowest BCUT2D eigenvalue weighted by atomic mass is 9.82. The second-order valence-corrected chi connectivity index (χ2v) is 8.25. The van der Waals surface area contributed by atoms with Crippen LogP contribution in [0.15, 0.2) is 54.6 Å². The minimum atomic E-state index is -0.588. The molecule has 3 rings (SSSR count). The Balaban J connectivity index is 1.71. The van der Waals surface area contributed by atoms with Crippen molar-refractivity contribution in [3.63, 3.8) is 0 Å². The first-order valence-corrected chi connectivity index (χ1v) is 10.8. The van der Waals surface area contributed by atoms with Gasteiger partial charge in [0, 0.05) is 18.0 Å². The molecule has 2 aromatic carbocycles. The van der Waals surface area contributed by atoms with Crippen LogP contribution in [0.5, 0.6) is 0 Å². The number of hydrogen-bond acceptors (Lipinski definition) is 2. The molecule has 2 aromatic rings. The highest BCUT2D eigenvalue weighted by molar-refractivity contribution is 5.97. The first kappa shape index (κ1) is 21.1. The molecule has 4 nitrogen and oxygen atoms in total. The van der Waals surface area contributed by atoms with Gasteiger partial charge in [0.1, 0.15) is 6.04 Å². The van der Waals surface area contributed by atoms with Gasteiger partial charge in [-0.15, -0.1) is 0 Å². The number of anilines is 1. The smallest absolute Gasteiger partial charge is 0.247 e. The van der Waals surface area contributed by atoms with Crippen LogP contribution in [0, 0.1) is 11.8 Å². The minimum absolute atomic E-state index is 0.00953. The molecule has 0 radical (unpaired) electrons. The molecule has 1 saturated carbocycles. The number of amides is 2. The van der Waals surface area contributed by atoms with Crippen LogP contribution < -0.4 is 10.6 Å². The van der Waals surface area contributed by atoms with Gasteiger partial charge in [0.15, 0.2) is 0 Å². The molecule has 0 aromatic heterocycles. The molecule has 4 heteroatoms. The van der Waals surface area contributed by atoms with Gasteiger partial charge in [-0.25, -0.2) is 0 Å². The van der Waals surface area contributed by atoms with Gasteiger partial charge in [-0.1, -0.05) is 56.3 Å². The average Bonchev–Trinajstić information content (AvgIpc) is 2.74. The van der Waals surface area contributed by atoms with Gasteiger partial charge >= 0.3 is 0 Å². The zero-order valence-corrected chi connectivity index (χ0v) is 17.5. The Labute approximate surface area is 174 Å². The van der Waals surface area contributed by atoms with Crippen LogP contribution in [0.4, 0.5) is 5.69 Å². The Bertz CT molecular complexity index is 811. The Morgan fingerprint density at radius 3 is 2.34 bits per heavy atom. The lowest BCUT2D eigenvalue weighted by Gasteiger charge is -2.27. The van der Waals surface area contributed by atoms with Gasteiger partial charge in [0.2, 0.25) is 11.8 Å². The lowest BCUT2D eigenvalue weighted by molar-refractivity contribution is -0.130. The van der Waals surface area contributed by atoms with E-state index in [1.807, 2.05) is 54.6 Å². The standard InChI is InChI=1S/C25H32N2O2/c1-3-19-10-7-11-22(16-19)26-25(29)23(17-20-8-5-4-6-9-20)27-24(28)21-14-12-18(2)13-15-21/h4-11,16,18,21,23H,3,12-15,17H2,1-2H3,(H,26,29)(H,27,28)/t18?,21?,23-/m1/s1. The molecule has 1 aliphatic rings. The fraction of sp³-hybridized carbons (Fsp3) is 0.440. The largest absolute Gasteiger partial charge is 0.344 e. The predicted molar refractivity (Wildman–Crippen MR) is 118 cm³/mol. The normalized spacial score (nSPS) is 19.9. The first-order chi connectivity index (χ1) is 14.0. The summed E-state index contributed by atoms with van der Waals surface area (Å²) in [5.41, 5.74) is 2.98. The maximum absolute atomic E-state index is 13.1. The lowest BCUT2D eigenvalue weighted by Crippen LogP contribution is -2.47. The van der Waals surface area contributed by atoms with E-state index in [0.29, 0.717) is 12.3 Å². The molecule has 0 aliphatic heterocycles. The summed E-state index contributed by atoms with van der Waals surface area (Å²) < 4.78 is 0. The highest BCUT2D eigenvalue weighted by Crippen LogP contribution is 2.28. The van der Waals surface area contributed by atoms with Gasteiger partial charge in [-0.05, 0) is 61.3 Å². The van der Waals surface area contributed by atoms with Gasteiger partial charge < -0.3 is 10.6 Å². The van der Waals surface area contributed by atoms with Gasteiger partial charge in [-0.3, -0.25) is 9.59 Å². The third-order valence-electron chi connectivity index (χ3n) is 5.91. The predicted octanol–water partition coefficient (Wildman–Crippen LogP) is 4.74. The van der Waals surface area contributed by atoms with Crippen molar-refractivity contribution in [2.75, 3.05) is 5.32 Å². The fourth-order valence-corrected chi connectivity index (χ4v) is 3.97. The van der Waals surface area contributed by atoms with Crippen LogP contribution in [0.25, 0.3) is 0 Å². The minimum Gasteiger partial charge on any atom is -0.344 e. The Hall–Kier alpha value is -2.62. The third kappa shape index (κ3) is 6.18. The number of hydrogen-bond donors (Lipinski definition) is 2. The quantitative estimate of drug-likeness (QED) is 0.715. The van der Waals surface area contributed by atoms with Gasteiger partial charge in [-0.2, -0.15) is 0 Å². The van der Waals surface area contributed by atoms with E-state index < -0.39 is 6.04 Å². The summed E-state index contributed by atoms with van der Waals surface area (Å²) in [6.45, 7) is 4.33. The summed E-state index contributed by atoms with van der Waals surface area (Å²) >= 11 is 0. The van der Waals surface area contributed by atoms with E-state index in [0.717, 1.165) is 43.4 Å². The van der Waals surface area contributed by atoms with Crippen molar-refractivity contribution in [3.05, 3.63) is 65.7 Å². The molecule has 0 unspecified atom stereocenters. The molecule has 0 heterocycles. The van der Waals surface area contributed by atoms with Crippen LogP contribution >= 0.6 is 0 Å². The topological polar surface area (TPSA) is 58.2 Å². The summed E-state index contributed by atoms with van der Waals surface area (Å²) in [4.78, 5) is 25.9. The third-order valence-corrected chi connectivity index (χ3v) is 5.91. The summed E-state index contributed by atoms with van der Waals surface area (Å²) in [5, 5.41) is 6.05. The Morgan fingerprint density at radius 1 is 0.966 bits per heavy atom.